The molecule has 0 saturated carbocycles. The number of ether oxygens (including phenoxy) is 2. The first kappa shape index (κ1) is 12.4. The van der Waals surface area contributed by atoms with E-state index in [0.29, 0.717) is 18.7 Å². The standard InChI is InChI=1S/C14H21NO2/c1-3-12-6-4-5-7-14(12)17-10-13-9-16-8-11(2)15-13/h4-7,11,13,15H,3,8-10H2,1-2H3. The van der Waals surface area contributed by atoms with Crippen LogP contribution < -0.4 is 10.1 Å². The molecule has 1 N–H and O–H groups in total. The van der Waals surface area contributed by atoms with E-state index in [2.05, 4.69) is 31.3 Å². The number of hydrogen-bond acceptors (Lipinski definition) is 3. The lowest BCUT2D eigenvalue weighted by Gasteiger charge is -2.29. The van der Waals surface area contributed by atoms with E-state index in [0.717, 1.165) is 25.4 Å². The van der Waals surface area contributed by atoms with Crippen LogP contribution in [0.4, 0.5) is 0 Å². The van der Waals surface area contributed by atoms with Crippen molar-refractivity contribution in [1.82, 2.24) is 5.32 Å². The first-order chi connectivity index (χ1) is 8.29. The van der Waals surface area contributed by atoms with Gasteiger partial charge in [0.2, 0.25) is 0 Å². The molecule has 0 radical (unpaired) electrons. The molecule has 0 bridgehead atoms. The van der Waals surface area contributed by atoms with Crippen molar-refractivity contribution in [1.29, 1.82) is 0 Å². The first-order valence-electron chi connectivity index (χ1n) is 6.34. The van der Waals surface area contributed by atoms with Gasteiger partial charge in [-0.05, 0) is 25.0 Å². The molecule has 17 heavy (non-hydrogen) atoms. The Labute approximate surface area is 103 Å². The third kappa shape index (κ3) is 3.45. The van der Waals surface area contributed by atoms with E-state index >= 15 is 0 Å². The van der Waals surface area contributed by atoms with Gasteiger partial charge in [0.25, 0.3) is 0 Å². The van der Waals surface area contributed by atoms with Crippen molar-refractivity contribution in [2.75, 3.05) is 19.8 Å². The summed E-state index contributed by atoms with van der Waals surface area (Å²) in [5, 5.41) is 3.47. The summed E-state index contributed by atoms with van der Waals surface area (Å²) < 4.78 is 11.4. The van der Waals surface area contributed by atoms with Gasteiger partial charge in [-0.3, -0.25) is 0 Å². The van der Waals surface area contributed by atoms with Crippen LogP contribution in [0.15, 0.2) is 24.3 Å². The van der Waals surface area contributed by atoms with Crippen LogP contribution in [0.5, 0.6) is 5.75 Å². The molecule has 1 fully saturated rings. The maximum absolute atomic E-state index is 5.87. The summed E-state index contributed by atoms with van der Waals surface area (Å²) in [4.78, 5) is 0. The molecule has 1 aliphatic rings. The van der Waals surface area contributed by atoms with Crippen molar-refractivity contribution < 1.29 is 9.47 Å². The zero-order valence-corrected chi connectivity index (χ0v) is 10.6. The molecule has 1 heterocycles. The Balaban J connectivity index is 1.88. The van der Waals surface area contributed by atoms with E-state index in [9.17, 15) is 0 Å². The molecular formula is C14H21NO2. The highest BCUT2D eigenvalue weighted by Gasteiger charge is 2.18. The van der Waals surface area contributed by atoms with Crippen LogP contribution in [-0.4, -0.2) is 31.9 Å². The number of aryl methyl sites for hydroxylation is 1. The fourth-order valence-electron chi connectivity index (χ4n) is 2.11. The van der Waals surface area contributed by atoms with E-state index in [4.69, 9.17) is 9.47 Å². The van der Waals surface area contributed by atoms with Gasteiger partial charge in [0.1, 0.15) is 12.4 Å². The quantitative estimate of drug-likeness (QED) is 0.866. The van der Waals surface area contributed by atoms with Gasteiger partial charge in [0.05, 0.1) is 19.3 Å². The van der Waals surface area contributed by atoms with E-state index in [1.807, 2.05) is 12.1 Å². The SMILES string of the molecule is CCc1ccccc1OCC1COCC(C)N1. The van der Waals surface area contributed by atoms with Gasteiger partial charge in [-0.25, -0.2) is 0 Å². The summed E-state index contributed by atoms with van der Waals surface area (Å²) in [6, 6.07) is 8.93. The smallest absolute Gasteiger partial charge is 0.122 e. The summed E-state index contributed by atoms with van der Waals surface area (Å²) in [7, 11) is 0. The van der Waals surface area contributed by atoms with Crippen molar-refractivity contribution in [3.05, 3.63) is 29.8 Å². The van der Waals surface area contributed by atoms with Crippen LogP contribution >= 0.6 is 0 Å². The van der Waals surface area contributed by atoms with Crippen LogP contribution in [-0.2, 0) is 11.2 Å². The van der Waals surface area contributed by atoms with Crippen LogP contribution in [0.25, 0.3) is 0 Å². The molecule has 2 atom stereocenters. The van der Waals surface area contributed by atoms with E-state index in [1.165, 1.54) is 5.56 Å². The maximum atomic E-state index is 5.87. The molecule has 1 aromatic carbocycles. The van der Waals surface area contributed by atoms with Gasteiger partial charge in [-0.15, -0.1) is 0 Å². The predicted molar refractivity (Wildman–Crippen MR) is 68.5 cm³/mol. The molecule has 94 valence electrons. The van der Waals surface area contributed by atoms with E-state index in [1.54, 1.807) is 0 Å². The number of hydrogen-bond donors (Lipinski definition) is 1. The molecular weight excluding hydrogens is 214 g/mol. The topological polar surface area (TPSA) is 30.5 Å². The zero-order valence-electron chi connectivity index (χ0n) is 10.6. The van der Waals surface area contributed by atoms with Crippen molar-refractivity contribution in [2.45, 2.75) is 32.4 Å². The summed E-state index contributed by atoms with van der Waals surface area (Å²) in [5.41, 5.74) is 1.26. The summed E-state index contributed by atoms with van der Waals surface area (Å²) in [6.45, 7) is 6.47. The fraction of sp³-hybridized carbons (Fsp3) is 0.571. The Morgan fingerprint density at radius 3 is 2.94 bits per heavy atom. The minimum Gasteiger partial charge on any atom is -0.492 e. The van der Waals surface area contributed by atoms with Gasteiger partial charge in [0.15, 0.2) is 0 Å². The predicted octanol–water partition coefficient (Wildman–Crippen LogP) is 2.00. The monoisotopic (exact) mass is 235 g/mol. The Morgan fingerprint density at radius 2 is 2.18 bits per heavy atom. The van der Waals surface area contributed by atoms with Crippen molar-refractivity contribution in [3.8, 4) is 5.75 Å². The van der Waals surface area contributed by atoms with Crippen LogP contribution in [0.2, 0.25) is 0 Å². The van der Waals surface area contributed by atoms with Crippen LogP contribution in [0.1, 0.15) is 19.4 Å². The molecule has 2 unspecified atom stereocenters. The van der Waals surface area contributed by atoms with E-state index < -0.39 is 0 Å². The third-order valence-corrected chi connectivity index (χ3v) is 3.00. The van der Waals surface area contributed by atoms with Gasteiger partial charge in [-0.1, -0.05) is 25.1 Å². The van der Waals surface area contributed by atoms with E-state index in [-0.39, 0.29) is 0 Å². The number of para-hydroxylation sites is 1. The molecule has 1 aliphatic heterocycles. The Hall–Kier alpha value is -1.06. The Kier molecular flexibility index (Phi) is 4.40. The second-order valence-corrected chi connectivity index (χ2v) is 4.57. The fourth-order valence-corrected chi connectivity index (χ4v) is 2.11. The molecule has 3 nitrogen and oxygen atoms in total. The zero-order chi connectivity index (χ0) is 12.1. The second kappa shape index (κ2) is 6.03. The van der Waals surface area contributed by atoms with Gasteiger partial charge >= 0.3 is 0 Å². The lowest BCUT2D eigenvalue weighted by Crippen LogP contribution is -2.50. The average Bonchev–Trinajstić information content (AvgIpc) is 2.37. The molecule has 2 rings (SSSR count). The van der Waals surface area contributed by atoms with Gasteiger partial charge in [-0.2, -0.15) is 0 Å². The van der Waals surface area contributed by atoms with Gasteiger partial charge < -0.3 is 14.8 Å². The lowest BCUT2D eigenvalue weighted by molar-refractivity contribution is 0.0352. The summed E-state index contributed by atoms with van der Waals surface area (Å²) >= 11 is 0. The van der Waals surface area contributed by atoms with Crippen molar-refractivity contribution >= 4 is 0 Å². The lowest BCUT2D eigenvalue weighted by atomic mass is 10.1. The highest BCUT2D eigenvalue weighted by Crippen LogP contribution is 2.18. The number of benzene rings is 1. The first-order valence-corrected chi connectivity index (χ1v) is 6.34. The normalized spacial score (nSPS) is 24.6. The largest absolute Gasteiger partial charge is 0.492 e. The van der Waals surface area contributed by atoms with Crippen LogP contribution in [0.3, 0.4) is 0 Å². The van der Waals surface area contributed by atoms with Crippen molar-refractivity contribution in [3.63, 3.8) is 0 Å². The minimum atomic E-state index is 0.295. The van der Waals surface area contributed by atoms with Crippen LogP contribution in [0, 0.1) is 0 Å². The number of morpholine rings is 1. The summed E-state index contributed by atoms with van der Waals surface area (Å²) in [5.74, 6) is 0.995. The van der Waals surface area contributed by atoms with Gasteiger partial charge in [0, 0.05) is 6.04 Å². The highest BCUT2D eigenvalue weighted by atomic mass is 16.5. The Bertz CT molecular complexity index is 354. The summed E-state index contributed by atoms with van der Waals surface area (Å²) in [6.07, 6.45) is 1.00. The van der Waals surface area contributed by atoms with Crippen molar-refractivity contribution in [2.24, 2.45) is 0 Å². The molecule has 0 amide bonds. The minimum absolute atomic E-state index is 0.295. The number of nitrogens with one attached hydrogen (secondary N) is 1. The highest BCUT2D eigenvalue weighted by molar-refractivity contribution is 5.33. The molecule has 1 aromatic rings. The molecule has 1 saturated heterocycles. The molecule has 0 spiro atoms. The third-order valence-electron chi connectivity index (χ3n) is 3.00. The Morgan fingerprint density at radius 1 is 1.35 bits per heavy atom. The maximum Gasteiger partial charge on any atom is 0.122 e. The average molecular weight is 235 g/mol. The number of rotatable bonds is 4. The second-order valence-electron chi connectivity index (χ2n) is 4.57. The molecule has 0 aliphatic carbocycles. The molecule has 0 aromatic heterocycles. The molecule has 3 heteroatoms.